The van der Waals surface area contributed by atoms with Crippen LogP contribution in [0, 0.1) is 6.92 Å². The van der Waals surface area contributed by atoms with E-state index in [1.807, 2.05) is 43.5 Å². The van der Waals surface area contributed by atoms with E-state index in [1.54, 1.807) is 12.3 Å². The molecule has 5 aromatic rings. The number of hydrogen-bond donors (Lipinski definition) is 3. The Morgan fingerprint density at radius 1 is 0.940 bits per heavy atom. The Morgan fingerprint density at radius 3 is 2.44 bits per heavy atom. The number of para-hydroxylation sites is 1. The second-order valence-electron chi connectivity index (χ2n) is 13.4. The van der Waals surface area contributed by atoms with Crippen molar-refractivity contribution in [2.45, 2.75) is 32.0 Å². The third kappa shape index (κ3) is 7.45. The van der Waals surface area contributed by atoms with Crippen LogP contribution in [0.15, 0.2) is 54.9 Å². The summed E-state index contributed by atoms with van der Waals surface area (Å²) in [4.78, 5) is 24.5. The summed E-state index contributed by atoms with van der Waals surface area (Å²) in [5.41, 5.74) is 4.50. The monoisotopic (exact) mass is 705 g/mol. The largest absolute Gasteiger partial charge is 0.482 e. The first-order chi connectivity index (χ1) is 24.0. The van der Waals surface area contributed by atoms with Gasteiger partial charge in [0.1, 0.15) is 17.2 Å². The van der Waals surface area contributed by atoms with Gasteiger partial charge in [0.05, 0.1) is 28.5 Å². The lowest BCUT2D eigenvalue weighted by atomic mass is 10.0. The second-order valence-corrected chi connectivity index (χ2v) is 15.7. The van der Waals surface area contributed by atoms with Crippen LogP contribution < -0.4 is 25.6 Å². The number of aromatic nitrogens is 4. The van der Waals surface area contributed by atoms with Gasteiger partial charge in [0, 0.05) is 74.0 Å². The zero-order chi connectivity index (χ0) is 35.0. The van der Waals surface area contributed by atoms with E-state index in [1.165, 1.54) is 5.30 Å². The van der Waals surface area contributed by atoms with Crippen LogP contribution in [0.1, 0.15) is 18.4 Å². The molecule has 2 aromatic carbocycles. The van der Waals surface area contributed by atoms with Crippen LogP contribution in [0.5, 0.6) is 5.75 Å². The minimum absolute atomic E-state index is 0.0948. The molecule has 2 aliphatic heterocycles. The fraction of sp³-hybridized carbons (Fsp3) is 0.417. The number of benzene rings is 2. The van der Waals surface area contributed by atoms with Gasteiger partial charge in [0.25, 0.3) is 0 Å². The van der Waals surface area contributed by atoms with Crippen molar-refractivity contribution in [2.24, 2.45) is 0 Å². The van der Waals surface area contributed by atoms with Crippen LogP contribution in [-0.4, -0.2) is 108 Å². The molecule has 0 amide bonds. The number of piperidine rings is 1. The van der Waals surface area contributed by atoms with Gasteiger partial charge in [-0.15, -0.1) is 0 Å². The number of aryl methyl sites for hydroxylation is 1. The lowest BCUT2D eigenvalue weighted by molar-refractivity contribution is -0.153. The second kappa shape index (κ2) is 14.2. The highest BCUT2D eigenvalue weighted by Gasteiger charge is 2.31. The van der Waals surface area contributed by atoms with Crippen molar-refractivity contribution in [3.05, 3.63) is 60.4 Å². The Kier molecular flexibility index (Phi) is 9.74. The lowest BCUT2D eigenvalue weighted by Gasteiger charge is -2.43. The summed E-state index contributed by atoms with van der Waals surface area (Å²) in [6, 6.07) is 14.0. The number of nitrogens with one attached hydrogen (secondary N) is 3. The summed E-state index contributed by atoms with van der Waals surface area (Å²) in [7, 11) is 1.64. The number of ether oxygens (including phenoxy) is 1. The third-order valence-corrected chi connectivity index (χ3v) is 11.0. The van der Waals surface area contributed by atoms with Gasteiger partial charge in [-0.2, -0.15) is 23.1 Å². The van der Waals surface area contributed by atoms with Crippen LogP contribution in [0.3, 0.4) is 0 Å². The molecule has 2 saturated heterocycles. The molecule has 0 spiro atoms. The number of halogens is 3. The smallest absolute Gasteiger partial charge is 0.422 e. The number of rotatable bonds is 9. The Labute approximate surface area is 291 Å². The van der Waals surface area contributed by atoms with Crippen LogP contribution in [0.2, 0.25) is 0 Å². The normalized spacial score (nSPS) is 16.8. The first-order valence-electron chi connectivity index (χ1n) is 17.0. The molecule has 2 fully saturated rings. The van der Waals surface area contributed by atoms with Gasteiger partial charge in [0.15, 0.2) is 6.61 Å². The highest BCUT2D eigenvalue weighted by atomic mass is 31.1. The highest BCUT2D eigenvalue weighted by Crippen LogP contribution is 2.39. The average Bonchev–Trinajstić information content (AvgIpc) is 3.57. The van der Waals surface area contributed by atoms with E-state index >= 15 is 0 Å². The molecule has 0 atom stereocenters. The summed E-state index contributed by atoms with van der Waals surface area (Å²) >= 11 is 0. The minimum atomic E-state index is -4.50. The van der Waals surface area contributed by atoms with Crippen LogP contribution >= 0.6 is 7.92 Å². The molecular weight excluding hydrogens is 662 g/mol. The van der Waals surface area contributed by atoms with E-state index in [-0.39, 0.29) is 11.7 Å². The summed E-state index contributed by atoms with van der Waals surface area (Å²) in [5, 5.41) is 9.72. The van der Waals surface area contributed by atoms with Crippen LogP contribution in [0.4, 0.5) is 42.0 Å². The Balaban J connectivity index is 1.17. The maximum atomic E-state index is 13.5. The van der Waals surface area contributed by atoms with E-state index in [0.29, 0.717) is 23.2 Å². The molecule has 50 heavy (non-hydrogen) atoms. The molecule has 5 heterocycles. The number of fused-ring (bicyclic) bond motifs is 2. The number of aromatic amines is 1. The maximum Gasteiger partial charge on any atom is 0.422 e. The Hall–Kier alpha value is -4.19. The van der Waals surface area contributed by atoms with E-state index in [4.69, 9.17) is 9.72 Å². The van der Waals surface area contributed by atoms with Gasteiger partial charge < -0.3 is 30.2 Å². The first-order valence-corrected chi connectivity index (χ1v) is 19.2. The minimum Gasteiger partial charge on any atom is -0.482 e. The first kappa shape index (κ1) is 34.3. The molecule has 0 saturated carbocycles. The van der Waals surface area contributed by atoms with Gasteiger partial charge in [-0.3, -0.25) is 9.88 Å². The predicted octanol–water partition coefficient (Wildman–Crippen LogP) is 6.83. The fourth-order valence-corrected chi connectivity index (χ4v) is 8.36. The van der Waals surface area contributed by atoms with E-state index in [2.05, 4.69) is 66.7 Å². The number of alkyl halides is 3. The quantitative estimate of drug-likeness (QED) is 0.143. The van der Waals surface area contributed by atoms with Crippen molar-refractivity contribution in [1.29, 1.82) is 0 Å². The number of nitrogens with zero attached hydrogens (tertiary/aromatic N) is 6. The number of pyridine rings is 1. The molecule has 14 heteroatoms. The Bertz CT molecular complexity index is 1970. The fourth-order valence-electron chi connectivity index (χ4n) is 7.09. The van der Waals surface area contributed by atoms with Crippen molar-refractivity contribution in [3.63, 3.8) is 0 Å². The molecule has 264 valence electrons. The van der Waals surface area contributed by atoms with Gasteiger partial charge in [0.2, 0.25) is 5.95 Å². The number of anilines is 5. The summed E-state index contributed by atoms with van der Waals surface area (Å²) < 4.78 is 45.8. The topological polar surface area (TPSA) is 97.5 Å². The molecule has 3 aromatic heterocycles. The van der Waals surface area contributed by atoms with Gasteiger partial charge in [-0.25, -0.2) is 0 Å². The van der Waals surface area contributed by atoms with E-state index in [9.17, 15) is 13.2 Å². The SMILES string of the molecule is Cc1cc(Nc2nc(Nc3cnc4ccccc4c3P(C)C)c3cc[nH]c3n2)c(OCC(F)(F)F)cc1N1CCC(N2CCN(C)CC2)CC1. The van der Waals surface area contributed by atoms with Crippen molar-refractivity contribution < 1.29 is 17.9 Å². The van der Waals surface area contributed by atoms with Crippen molar-refractivity contribution in [1.82, 2.24) is 29.7 Å². The van der Waals surface area contributed by atoms with Crippen molar-refractivity contribution >= 4 is 64.0 Å². The molecule has 0 unspecified atom stereocenters. The zero-order valence-electron chi connectivity index (χ0n) is 28.8. The molecule has 0 bridgehead atoms. The van der Waals surface area contributed by atoms with Gasteiger partial charge in [-0.05, 0) is 63.9 Å². The number of likely N-dealkylation sites (N-methyl/N-ethyl adjacent to an activating group) is 1. The van der Waals surface area contributed by atoms with E-state index < -0.39 is 20.7 Å². The standard InChI is InChI=1S/C36H43F3N9OP/c1-23-19-28(31(49-22-36(37,38)39)20-30(23)48-13-10-24(11-14-48)47-17-15-46(2)16-18-47)43-35-44-33-26(9-12-40-33)34(45-35)42-29-21-41-27-8-6-5-7-25(27)32(29)50(3)4/h5-9,12,19-21,24H,10-11,13-18,22H2,1-4H3,(H3,40,42,43,44,45). The van der Waals surface area contributed by atoms with Crippen molar-refractivity contribution in [3.8, 4) is 5.75 Å². The summed E-state index contributed by atoms with van der Waals surface area (Å²) in [5.74, 6) is 0.852. The molecule has 3 N–H and O–H groups in total. The third-order valence-electron chi connectivity index (χ3n) is 9.66. The number of hydrogen-bond acceptors (Lipinski definition) is 9. The lowest BCUT2D eigenvalue weighted by Crippen LogP contribution is -2.52. The molecule has 7 rings (SSSR count). The molecule has 2 aliphatic rings. The maximum absolute atomic E-state index is 13.5. The molecule has 0 radical (unpaired) electrons. The highest BCUT2D eigenvalue weighted by molar-refractivity contribution is 7.65. The average molecular weight is 706 g/mol. The molecular formula is C36H43F3N9OP. The molecule has 0 aliphatic carbocycles. The summed E-state index contributed by atoms with van der Waals surface area (Å²) in [6.07, 6.45) is 1.13. The predicted molar refractivity (Wildman–Crippen MR) is 198 cm³/mol. The van der Waals surface area contributed by atoms with Crippen LogP contribution in [0.25, 0.3) is 21.9 Å². The van der Waals surface area contributed by atoms with E-state index in [0.717, 1.165) is 85.3 Å². The van der Waals surface area contributed by atoms with Crippen LogP contribution in [-0.2, 0) is 0 Å². The van der Waals surface area contributed by atoms with Gasteiger partial charge in [-0.1, -0.05) is 26.1 Å². The van der Waals surface area contributed by atoms with Crippen molar-refractivity contribution in [2.75, 3.05) is 81.8 Å². The number of H-pyrrole nitrogens is 1. The zero-order valence-corrected chi connectivity index (χ0v) is 29.7. The summed E-state index contributed by atoms with van der Waals surface area (Å²) in [6.45, 7) is 10.9. The Morgan fingerprint density at radius 2 is 1.70 bits per heavy atom. The molecule has 10 nitrogen and oxygen atoms in total. The van der Waals surface area contributed by atoms with Gasteiger partial charge >= 0.3 is 6.18 Å². The number of piperazine rings is 1.